The van der Waals surface area contributed by atoms with Crippen LogP contribution in [0.4, 0.5) is 4.79 Å². The molecular formula is C11H19N3O3. The van der Waals surface area contributed by atoms with Crippen molar-refractivity contribution in [2.75, 3.05) is 26.2 Å². The van der Waals surface area contributed by atoms with Crippen LogP contribution in [0.1, 0.15) is 12.8 Å². The lowest BCUT2D eigenvalue weighted by Gasteiger charge is -2.21. The van der Waals surface area contributed by atoms with Crippen molar-refractivity contribution in [3.05, 3.63) is 12.7 Å². The number of hydrogen-bond donors (Lipinski definition) is 3. The van der Waals surface area contributed by atoms with Crippen LogP contribution < -0.4 is 10.6 Å². The number of likely N-dealkylation sites (tertiary alicyclic amines) is 1. The summed E-state index contributed by atoms with van der Waals surface area (Å²) in [4.78, 5) is 24.6. The molecule has 1 unspecified atom stereocenters. The highest BCUT2D eigenvalue weighted by Crippen LogP contribution is 2.15. The van der Waals surface area contributed by atoms with E-state index in [2.05, 4.69) is 17.2 Å². The Morgan fingerprint density at radius 1 is 1.53 bits per heavy atom. The fourth-order valence-electron chi connectivity index (χ4n) is 1.87. The van der Waals surface area contributed by atoms with Gasteiger partial charge in [0, 0.05) is 12.6 Å². The van der Waals surface area contributed by atoms with E-state index in [-0.39, 0.29) is 25.1 Å². The van der Waals surface area contributed by atoms with Crippen LogP contribution >= 0.6 is 0 Å². The molecule has 1 rings (SSSR count). The molecule has 0 aliphatic carbocycles. The Balaban J connectivity index is 2.28. The molecule has 1 aliphatic heterocycles. The minimum atomic E-state index is -0.519. The monoisotopic (exact) mass is 241 g/mol. The molecule has 1 heterocycles. The number of urea groups is 1. The van der Waals surface area contributed by atoms with Crippen LogP contribution in [0.5, 0.6) is 0 Å². The number of carbonyl (C=O) groups excluding carboxylic acids is 2. The number of aliphatic hydroxyl groups excluding tert-OH is 1. The van der Waals surface area contributed by atoms with Gasteiger partial charge in [0.2, 0.25) is 5.91 Å². The smallest absolute Gasteiger partial charge is 0.321 e. The molecule has 1 aliphatic rings. The number of amides is 3. The number of aliphatic hydroxyl groups is 1. The number of hydrogen-bond acceptors (Lipinski definition) is 4. The van der Waals surface area contributed by atoms with Gasteiger partial charge in [0.05, 0.1) is 13.2 Å². The third-order valence-electron chi connectivity index (χ3n) is 2.72. The molecule has 0 aromatic heterocycles. The zero-order valence-electron chi connectivity index (χ0n) is 9.82. The van der Waals surface area contributed by atoms with Gasteiger partial charge in [-0.15, -0.1) is 6.58 Å². The van der Waals surface area contributed by atoms with Crippen LogP contribution in [0.3, 0.4) is 0 Å². The van der Waals surface area contributed by atoms with Crippen molar-refractivity contribution in [1.29, 1.82) is 0 Å². The summed E-state index contributed by atoms with van der Waals surface area (Å²) in [5.74, 6) is -0.355. The van der Waals surface area contributed by atoms with E-state index in [0.717, 1.165) is 19.4 Å². The summed E-state index contributed by atoms with van der Waals surface area (Å²) in [5.41, 5.74) is 0. The summed E-state index contributed by atoms with van der Waals surface area (Å²) < 4.78 is 0. The molecule has 6 nitrogen and oxygen atoms in total. The van der Waals surface area contributed by atoms with Crippen molar-refractivity contribution in [3.8, 4) is 0 Å². The Morgan fingerprint density at radius 2 is 2.29 bits per heavy atom. The maximum atomic E-state index is 11.5. The predicted molar refractivity (Wildman–Crippen MR) is 63.4 cm³/mol. The third kappa shape index (κ3) is 4.54. The summed E-state index contributed by atoms with van der Waals surface area (Å²) in [6.45, 7) is 4.76. The van der Waals surface area contributed by atoms with Gasteiger partial charge < -0.3 is 10.4 Å². The first-order chi connectivity index (χ1) is 8.17. The van der Waals surface area contributed by atoms with Gasteiger partial charge in [0.15, 0.2) is 0 Å². The molecule has 6 heteroatoms. The Morgan fingerprint density at radius 3 is 2.94 bits per heavy atom. The molecule has 0 bridgehead atoms. The van der Waals surface area contributed by atoms with Crippen molar-refractivity contribution in [2.45, 2.75) is 18.9 Å². The Kier molecular flexibility index (Phi) is 5.65. The molecule has 1 fully saturated rings. The molecule has 0 aromatic carbocycles. The van der Waals surface area contributed by atoms with Crippen LogP contribution in [0.25, 0.3) is 0 Å². The standard InChI is InChI=1S/C11H19N3O3/c1-2-5-12-11(17)13-10(16)7-14-6-3-4-9(14)8-15/h2,9,15H,1,3-8H2,(H2,12,13,16,17). The summed E-state index contributed by atoms with van der Waals surface area (Å²) in [6.07, 6.45) is 3.40. The van der Waals surface area contributed by atoms with Crippen LogP contribution in [0, 0.1) is 0 Å². The van der Waals surface area contributed by atoms with Gasteiger partial charge in [0.1, 0.15) is 0 Å². The van der Waals surface area contributed by atoms with Gasteiger partial charge in [-0.2, -0.15) is 0 Å². The normalized spacial score (nSPS) is 19.9. The van der Waals surface area contributed by atoms with Crippen molar-refractivity contribution >= 4 is 11.9 Å². The molecule has 17 heavy (non-hydrogen) atoms. The average Bonchev–Trinajstić information content (AvgIpc) is 2.73. The molecule has 0 radical (unpaired) electrons. The minimum absolute atomic E-state index is 0.0389. The molecule has 96 valence electrons. The van der Waals surface area contributed by atoms with Crippen molar-refractivity contribution < 1.29 is 14.7 Å². The predicted octanol–water partition coefficient (Wildman–Crippen LogP) is -0.545. The molecular weight excluding hydrogens is 222 g/mol. The topological polar surface area (TPSA) is 81.7 Å². The van der Waals surface area contributed by atoms with E-state index in [0.29, 0.717) is 6.54 Å². The molecule has 1 saturated heterocycles. The highest BCUT2D eigenvalue weighted by molar-refractivity contribution is 5.95. The van der Waals surface area contributed by atoms with Crippen LogP contribution in [-0.2, 0) is 4.79 Å². The lowest BCUT2D eigenvalue weighted by atomic mass is 10.2. The van der Waals surface area contributed by atoms with E-state index in [1.165, 1.54) is 6.08 Å². The maximum Gasteiger partial charge on any atom is 0.321 e. The van der Waals surface area contributed by atoms with Gasteiger partial charge in [0.25, 0.3) is 0 Å². The second-order valence-corrected chi connectivity index (χ2v) is 4.00. The number of rotatable bonds is 5. The average molecular weight is 241 g/mol. The third-order valence-corrected chi connectivity index (χ3v) is 2.72. The summed E-state index contributed by atoms with van der Waals surface area (Å²) >= 11 is 0. The van der Waals surface area contributed by atoms with Crippen LogP contribution in [-0.4, -0.2) is 54.2 Å². The SMILES string of the molecule is C=CCNC(=O)NC(=O)CN1CCCC1CO. The largest absolute Gasteiger partial charge is 0.395 e. The summed E-state index contributed by atoms with van der Waals surface area (Å²) in [5, 5.41) is 13.8. The molecule has 3 N–H and O–H groups in total. The van der Waals surface area contributed by atoms with E-state index >= 15 is 0 Å². The first-order valence-electron chi connectivity index (χ1n) is 5.71. The molecule has 0 saturated carbocycles. The number of carbonyl (C=O) groups is 2. The molecule has 0 spiro atoms. The maximum absolute atomic E-state index is 11.5. The van der Waals surface area contributed by atoms with Crippen molar-refractivity contribution in [2.24, 2.45) is 0 Å². The highest BCUT2D eigenvalue weighted by Gasteiger charge is 2.25. The van der Waals surface area contributed by atoms with Gasteiger partial charge in [-0.3, -0.25) is 15.0 Å². The van der Waals surface area contributed by atoms with Crippen molar-refractivity contribution in [3.63, 3.8) is 0 Å². The van der Waals surface area contributed by atoms with Gasteiger partial charge in [-0.1, -0.05) is 6.08 Å². The Hall–Kier alpha value is -1.40. The second-order valence-electron chi connectivity index (χ2n) is 4.00. The van der Waals surface area contributed by atoms with Gasteiger partial charge >= 0.3 is 6.03 Å². The summed E-state index contributed by atoms with van der Waals surface area (Å²) in [7, 11) is 0. The molecule has 1 atom stereocenters. The Bertz CT molecular complexity index is 294. The van der Waals surface area contributed by atoms with E-state index in [9.17, 15) is 9.59 Å². The number of imide groups is 1. The van der Waals surface area contributed by atoms with E-state index < -0.39 is 6.03 Å². The molecule has 0 aromatic rings. The van der Waals surface area contributed by atoms with Gasteiger partial charge in [-0.25, -0.2) is 4.79 Å². The quantitative estimate of drug-likeness (QED) is 0.564. The lowest BCUT2D eigenvalue weighted by molar-refractivity contribution is -0.121. The van der Waals surface area contributed by atoms with Crippen LogP contribution in [0.15, 0.2) is 12.7 Å². The lowest BCUT2D eigenvalue weighted by Crippen LogP contribution is -2.46. The highest BCUT2D eigenvalue weighted by atomic mass is 16.3. The van der Waals surface area contributed by atoms with Gasteiger partial charge in [-0.05, 0) is 19.4 Å². The number of nitrogens with one attached hydrogen (secondary N) is 2. The van der Waals surface area contributed by atoms with E-state index in [4.69, 9.17) is 5.11 Å². The first kappa shape index (κ1) is 13.7. The first-order valence-corrected chi connectivity index (χ1v) is 5.71. The zero-order chi connectivity index (χ0) is 12.7. The van der Waals surface area contributed by atoms with Crippen LogP contribution in [0.2, 0.25) is 0 Å². The summed E-state index contributed by atoms with van der Waals surface area (Å²) in [6, 6.07) is -0.480. The minimum Gasteiger partial charge on any atom is -0.395 e. The fraction of sp³-hybridized carbons (Fsp3) is 0.636. The fourth-order valence-corrected chi connectivity index (χ4v) is 1.87. The Labute approximate surface area is 101 Å². The van der Waals surface area contributed by atoms with Crippen molar-refractivity contribution in [1.82, 2.24) is 15.5 Å². The van der Waals surface area contributed by atoms with E-state index in [1.807, 2.05) is 4.90 Å². The number of nitrogens with zero attached hydrogens (tertiary/aromatic N) is 1. The zero-order valence-corrected chi connectivity index (χ0v) is 9.82. The van der Waals surface area contributed by atoms with E-state index in [1.54, 1.807) is 0 Å². The molecule has 3 amide bonds. The second kappa shape index (κ2) is 7.03.